The Labute approximate surface area is 164 Å². The summed E-state index contributed by atoms with van der Waals surface area (Å²) in [5.74, 6) is -1.89. The number of hydrogen-bond donors (Lipinski definition) is 3. The van der Waals surface area contributed by atoms with E-state index in [1.807, 2.05) is 4.90 Å². The van der Waals surface area contributed by atoms with Crippen molar-refractivity contribution in [2.75, 3.05) is 23.3 Å². The number of fused-ring (bicyclic) bond motifs is 2. The van der Waals surface area contributed by atoms with E-state index in [0.717, 1.165) is 6.07 Å². The van der Waals surface area contributed by atoms with Gasteiger partial charge in [-0.2, -0.15) is 0 Å². The van der Waals surface area contributed by atoms with Crippen LogP contribution in [0.1, 0.15) is 20.7 Å². The number of anilines is 2. The number of piperidine rings is 1. The smallest absolute Gasteiger partial charge is 0.319 e. The summed E-state index contributed by atoms with van der Waals surface area (Å²) in [6.45, 7) is 1.13. The molecule has 4 amide bonds. The van der Waals surface area contributed by atoms with Crippen LogP contribution >= 0.6 is 0 Å². The molecule has 3 atom stereocenters. The molecule has 29 heavy (non-hydrogen) atoms. The first-order valence-corrected chi connectivity index (χ1v) is 9.18. The third-order valence-corrected chi connectivity index (χ3v) is 5.75. The lowest BCUT2D eigenvalue weighted by atomic mass is 10.1. The second-order valence-corrected chi connectivity index (χ2v) is 7.46. The van der Waals surface area contributed by atoms with Crippen LogP contribution in [0.15, 0.2) is 36.4 Å². The molecule has 3 N–H and O–H groups in total. The molecule has 1 saturated heterocycles. The van der Waals surface area contributed by atoms with E-state index in [9.17, 15) is 23.2 Å². The van der Waals surface area contributed by atoms with E-state index in [4.69, 9.17) is 0 Å². The Morgan fingerprint density at radius 2 is 1.83 bits per heavy atom. The van der Waals surface area contributed by atoms with Crippen LogP contribution in [0.5, 0.6) is 0 Å². The van der Waals surface area contributed by atoms with Gasteiger partial charge in [0.15, 0.2) is 0 Å². The highest BCUT2D eigenvalue weighted by Gasteiger charge is 2.56. The van der Waals surface area contributed by atoms with E-state index in [1.165, 1.54) is 18.2 Å². The minimum atomic E-state index is -0.616. The van der Waals surface area contributed by atoms with Crippen molar-refractivity contribution in [3.63, 3.8) is 0 Å². The molecule has 7 nitrogen and oxygen atoms in total. The van der Waals surface area contributed by atoms with Gasteiger partial charge in [0.05, 0.1) is 22.5 Å². The van der Waals surface area contributed by atoms with E-state index in [0.29, 0.717) is 18.8 Å². The fraction of sp³-hybridized carbons (Fsp3) is 0.250. The van der Waals surface area contributed by atoms with Crippen molar-refractivity contribution in [3.05, 3.63) is 59.2 Å². The van der Waals surface area contributed by atoms with Crippen LogP contribution in [0, 0.1) is 23.5 Å². The van der Waals surface area contributed by atoms with Crippen LogP contribution in [-0.4, -0.2) is 37.0 Å². The largest absolute Gasteiger partial charge is 0.368 e. The van der Waals surface area contributed by atoms with Gasteiger partial charge in [-0.3, -0.25) is 14.9 Å². The van der Waals surface area contributed by atoms with Gasteiger partial charge in [0, 0.05) is 37.0 Å². The van der Waals surface area contributed by atoms with Gasteiger partial charge in [-0.1, -0.05) is 6.07 Å². The summed E-state index contributed by atoms with van der Waals surface area (Å²) >= 11 is 0. The molecule has 2 aromatic carbocycles. The number of hydrogen-bond acceptors (Lipinski definition) is 4. The Morgan fingerprint density at radius 3 is 2.55 bits per heavy atom. The van der Waals surface area contributed by atoms with Crippen LogP contribution in [0.3, 0.4) is 0 Å². The molecular weight excluding hydrogens is 382 g/mol. The molecule has 148 valence electrons. The maximum Gasteiger partial charge on any atom is 0.319 e. The van der Waals surface area contributed by atoms with Crippen molar-refractivity contribution >= 4 is 29.2 Å². The standard InChI is InChI=1S/C20H16F2N4O3/c21-9-4-5-15(13(22)6-9)26-7-11-12(8-26)17(11)24-20(29)23-14-3-1-2-10-16(14)19(28)25-18(10)27/h1-6,11-12,17H,7-8H2,(H2,23,24,29)(H,25,27,28)/t11-,12+,17+. The van der Waals surface area contributed by atoms with Gasteiger partial charge in [0.1, 0.15) is 11.6 Å². The topological polar surface area (TPSA) is 90.5 Å². The van der Waals surface area contributed by atoms with Crippen LogP contribution in [-0.2, 0) is 0 Å². The Kier molecular flexibility index (Phi) is 3.80. The van der Waals surface area contributed by atoms with Gasteiger partial charge in [0.25, 0.3) is 11.8 Å². The van der Waals surface area contributed by atoms with Crippen LogP contribution < -0.4 is 20.9 Å². The molecule has 2 fully saturated rings. The molecule has 9 heteroatoms. The number of carbonyl (C=O) groups excluding carboxylic acids is 3. The minimum absolute atomic E-state index is 0.0537. The first kappa shape index (κ1) is 17.6. The molecular formula is C20H16F2N4O3. The van der Waals surface area contributed by atoms with Crippen molar-refractivity contribution in [3.8, 4) is 0 Å². The predicted octanol–water partition coefficient (Wildman–Crippen LogP) is 2.10. The molecule has 2 aromatic rings. The summed E-state index contributed by atoms with van der Waals surface area (Å²) in [6.07, 6.45) is 0. The van der Waals surface area contributed by atoms with Crippen molar-refractivity contribution in [2.24, 2.45) is 11.8 Å². The zero-order chi connectivity index (χ0) is 20.3. The zero-order valence-electron chi connectivity index (χ0n) is 15.0. The van der Waals surface area contributed by atoms with Crippen molar-refractivity contribution in [2.45, 2.75) is 6.04 Å². The fourth-order valence-corrected chi connectivity index (χ4v) is 4.31. The number of carbonyl (C=O) groups is 3. The molecule has 5 rings (SSSR count). The molecule has 1 aliphatic carbocycles. The van der Waals surface area contributed by atoms with Crippen molar-refractivity contribution in [1.82, 2.24) is 10.6 Å². The lowest BCUT2D eigenvalue weighted by Gasteiger charge is -2.23. The number of rotatable bonds is 3. The average Bonchev–Trinajstić information content (AvgIpc) is 3.00. The summed E-state index contributed by atoms with van der Waals surface area (Å²) in [5, 5.41) is 7.70. The van der Waals surface area contributed by atoms with E-state index in [2.05, 4.69) is 16.0 Å². The van der Waals surface area contributed by atoms with E-state index < -0.39 is 29.5 Å². The number of halogens is 2. The normalized spacial score (nSPS) is 24.1. The number of nitrogens with zero attached hydrogens (tertiary/aromatic N) is 1. The van der Waals surface area contributed by atoms with Gasteiger partial charge in [0.2, 0.25) is 0 Å². The summed E-state index contributed by atoms with van der Waals surface area (Å²) in [4.78, 5) is 37.9. The first-order chi connectivity index (χ1) is 13.9. The molecule has 0 bridgehead atoms. The molecule has 0 radical (unpaired) electrons. The van der Waals surface area contributed by atoms with E-state index >= 15 is 0 Å². The summed E-state index contributed by atoms with van der Waals surface area (Å²) in [7, 11) is 0. The van der Waals surface area contributed by atoms with Crippen molar-refractivity contribution < 1.29 is 23.2 Å². The van der Waals surface area contributed by atoms with E-state index in [-0.39, 0.29) is 34.7 Å². The van der Waals surface area contributed by atoms with Gasteiger partial charge < -0.3 is 15.5 Å². The monoisotopic (exact) mass is 398 g/mol. The van der Waals surface area contributed by atoms with Crippen molar-refractivity contribution in [1.29, 1.82) is 0 Å². The molecule has 3 aliphatic rings. The average molecular weight is 398 g/mol. The maximum atomic E-state index is 13.9. The van der Waals surface area contributed by atoms with Gasteiger partial charge in [-0.05, 0) is 24.3 Å². The summed E-state index contributed by atoms with van der Waals surface area (Å²) in [6, 6.07) is 7.66. The van der Waals surface area contributed by atoms with Crippen LogP contribution in [0.2, 0.25) is 0 Å². The maximum absolute atomic E-state index is 13.9. The highest BCUT2D eigenvalue weighted by atomic mass is 19.1. The molecule has 1 saturated carbocycles. The quantitative estimate of drug-likeness (QED) is 0.691. The molecule has 0 unspecified atom stereocenters. The lowest BCUT2D eigenvalue weighted by Crippen LogP contribution is -2.37. The highest BCUT2D eigenvalue weighted by molar-refractivity contribution is 6.24. The second-order valence-electron chi connectivity index (χ2n) is 7.46. The van der Waals surface area contributed by atoms with E-state index in [1.54, 1.807) is 12.1 Å². The SMILES string of the molecule is O=C(Nc1cccc2c1C(=O)NC2=O)N[C@H]1[C@@H]2CN(c3ccc(F)cc3F)C[C@@H]21. The minimum Gasteiger partial charge on any atom is -0.368 e. The molecule has 0 spiro atoms. The second kappa shape index (κ2) is 6.26. The number of urea groups is 1. The van der Waals surface area contributed by atoms with Gasteiger partial charge in [-0.25, -0.2) is 13.6 Å². The van der Waals surface area contributed by atoms with Crippen LogP contribution in [0.4, 0.5) is 25.0 Å². The fourth-order valence-electron chi connectivity index (χ4n) is 4.31. The predicted molar refractivity (Wildman–Crippen MR) is 99.7 cm³/mol. The molecule has 0 aromatic heterocycles. The Hall–Kier alpha value is -3.49. The third-order valence-electron chi connectivity index (χ3n) is 5.75. The Bertz CT molecular complexity index is 1060. The third kappa shape index (κ3) is 2.89. The number of nitrogens with one attached hydrogen (secondary N) is 3. The highest BCUT2D eigenvalue weighted by Crippen LogP contribution is 2.47. The first-order valence-electron chi connectivity index (χ1n) is 9.18. The van der Waals surface area contributed by atoms with Crippen LogP contribution in [0.25, 0.3) is 0 Å². The number of benzene rings is 2. The Balaban J connectivity index is 1.21. The summed E-state index contributed by atoms with van der Waals surface area (Å²) in [5.41, 5.74) is 1.01. The number of imide groups is 1. The lowest BCUT2D eigenvalue weighted by molar-refractivity contribution is 0.0880. The Morgan fingerprint density at radius 1 is 1.07 bits per heavy atom. The summed E-state index contributed by atoms with van der Waals surface area (Å²) < 4.78 is 27.0. The molecule has 2 aliphatic heterocycles. The van der Waals surface area contributed by atoms with Gasteiger partial charge >= 0.3 is 6.03 Å². The zero-order valence-corrected chi connectivity index (χ0v) is 15.0. The number of amides is 4. The van der Waals surface area contributed by atoms with Gasteiger partial charge in [-0.15, -0.1) is 0 Å². The molecule has 2 heterocycles.